The molecule has 0 saturated carbocycles. The Kier molecular flexibility index (Phi) is 5.62. The summed E-state index contributed by atoms with van der Waals surface area (Å²) in [5.74, 6) is 1.96. The lowest BCUT2D eigenvalue weighted by Gasteiger charge is -2.13. The van der Waals surface area contributed by atoms with E-state index in [-0.39, 0.29) is 0 Å². The molecule has 0 aromatic heterocycles. The van der Waals surface area contributed by atoms with Gasteiger partial charge in [0.05, 0.1) is 0 Å². The van der Waals surface area contributed by atoms with Crippen molar-refractivity contribution in [1.29, 1.82) is 0 Å². The number of hydrogen-bond acceptors (Lipinski definition) is 2. The van der Waals surface area contributed by atoms with Crippen LogP contribution in [0.4, 0.5) is 0 Å². The summed E-state index contributed by atoms with van der Waals surface area (Å²) in [5, 5.41) is 0. The molecule has 0 atom stereocenters. The maximum atomic E-state index is 6.02. The topological polar surface area (TPSA) is 18.5 Å². The molecule has 0 amide bonds. The van der Waals surface area contributed by atoms with Gasteiger partial charge in [-0.1, -0.05) is 60.7 Å². The van der Waals surface area contributed by atoms with Gasteiger partial charge < -0.3 is 9.47 Å². The third-order valence-electron chi connectivity index (χ3n) is 4.61. The molecule has 0 fully saturated rings. The van der Waals surface area contributed by atoms with Crippen LogP contribution in [0.25, 0.3) is 0 Å². The molecule has 0 aliphatic heterocycles. The van der Waals surface area contributed by atoms with Crippen molar-refractivity contribution in [2.45, 2.75) is 40.9 Å². The maximum absolute atomic E-state index is 6.02. The average Bonchev–Trinajstić information content (AvgIpc) is 2.62. The van der Waals surface area contributed by atoms with Crippen molar-refractivity contribution in [3.63, 3.8) is 0 Å². The summed E-state index contributed by atoms with van der Waals surface area (Å²) in [4.78, 5) is 0. The van der Waals surface area contributed by atoms with Gasteiger partial charge in [-0.25, -0.2) is 0 Å². The number of aryl methyl sites for hydroxylation is 4. The van der Waals surface area contributed by atoms with Crippen LogP contribution in [0, 0.1) is 27.7 Å². The van der Waals surface area contributed by atoms with Gasteiger partial charge in [0.2, 0.25) is 0 Å². The van der Waals surface area contributed by atoms with Gasteiger partial charge >= 0.3 is 0 Å². The summed E-state index contributed by atoms with van der Waals surface area (Å²) < 4.78 is 12.0. The highest BCUT2D eigenvalue weighted by molar-refractivity contribution is 5.41. The molecule has 134 valence electrons. The van der Waals surface area contributed by atoms with Crippen molar-refractivity contribution in [2.24, 2.45) is 0 Å². The van der Waals surface area contributed by atoms with Gasteiger partial charge in [0.25, 0.3) is 0 Å². The summed E-state index contributed by atoms with van der Waals surface area (Å²) in [6.45, 7) is 9.47. The van der Waals surface area contributed by atoms with Gasteiger partial charge in [-0.3, -0.25) is 0 Å². The first-order chi connectivity index (χ1) is 12.5. The molecular formula is C24H26O2. The van der Waals surface area contributed by atoms with Crippen LogP contribution in [0.2, 0.25) is 0 Å². The third kappa shape index (κ3) is 4.26. The number of para-hydroxylation sites is 2. The predicted molar refractivity (Wildman–Crippen MR) is 107 cm³/mol. The fourth-order valence-electron chi connectivity index (χ4n) is 3.10. The Morgan fingerprint density at radius 2 is 0.808 bits per heavy atom. The molecule has 2 nitrogen and oxygen atoms in total. The molecule has 0 aliphatic carbocycles. The van der Waals surface area contributed by atoms with E-state index in [2.05, 4.69) is 88.4 Å². The molecule has 0 N–H and O–H groups in total. The van der Waals surface area contributed by atoms with E-state index in [1.165, 1.54) is 22.3 Å². The smallest absolute Gasteiger partial charge is 0.125 e. The largest absolute Gasteiger partial charge is 0.488 e. The fraction of sp³-hybridized carbons (Fsp3) is 0.250. The minimum atomic E-state index is 0.573. The molecule has 0 heterocycles. The van der Waals surface area contributed by atoms with Gasteiger partial charge in [0.15, 0.2) is 0 Å². The lowest BCUT2D eigenvalue weighted by molar-refractivity contribution is 0.298. The van der Waals surface area contributed by atoms with Crippen LogP contribution in [0.5, 0.6) is 11.5 Å². The molecule has 3 aromatic rings. The van der Waals surface area contributed by atoms with Gasteiger partial charge in [-0.15, -0.1) is 0 Å². The molecule has 3 aromatic carbocycles. The highest BCUT2D eigenvalue weighted by Gasteiger charge is 2.05. The molecule has 0 aliphatic rings. The van der Waals surface area contributed by atoms with Crippen molar-refractivity contribution < 1.29 is 9.47 Å². The number of rotatable bonds is 6. The molecule has 2 heteroatoms. The Balaban J connectivity index is 1.60. The van der Waals surface area contributed by atoms with E-state index in [0.717, 1.165) is 22.6 Å². The summed E-state index contributed by atoms with van der Waals surface area (Å²) in [7, 11) is 0. The quantitative estimate of drug-likeness (QED) is 0.538. The van der Waals surface area contributed by atoms with Crippen molar-refractivity contribution in [3.8, 4) is 11.5 Å². The van der Waals surface area contributed by atoms with E-state index in [0.29, 0.717) is 13.2 Å². The lowest BCUT2D eigenvalue weighted by Crippen LogP contribution is -2.01. The average molecular weight is 346 g/mol. The molecule has 0 bridgehead atoms. The molecule has 0 radical (unpaired) electrons. The van der Waals surface area contributed by atoms with Gasteiger partial charge in [0.1, 0.15) is 24.7 Å². The minimum absolute atomic E-state index is 0.573. The second-order valence-corrected chi connectivity index (χ2v) is 6.84. The highest BCUT2D eigenvalue weighted by Crippen LogP contribution is 2.25. The standard InChI is InChI=1S/C24H26O2/c1-17-7-5-8-18(2)23(17)25-15-21-11-13-22(14-12-21)16-26-24-19(3)9-6-10-20(24)4/h5-14H,15-16H2,1-4H3. The molecule has 3 rings (SSSR count). The van der Waals surface area contributed by atoms with Crippen LogP contribution in [0.15, 0.2) is 60.7 Å². The first kappa shape index (κ1) is 18.1. The van der Waals surface area contributed by atoms with Crippen LogP contribution in [-0.2, 0) is 13.2 Å². The summed E-state index contributed by atoms with van der Waals surface area (Å²) in [6.07, 6.45) is 0. The van der Waals surface area contributed by atoms with Crippen molar-refractivity contribution >= 4 is 0 Å². The molecular weight excluding hydrogens is 320 g/mol. The Morgan fingerprint density at radius 3 is 1.12 bits per heavy atom. The van der Waals surface area contributed by atoms with Crippen LogP contribution in [0.3, 0.4) is 0 Å². The van der Waals surface area contributed by atoms with E-state index < -0.39 is 0 Å². The lowest BCUT2D eigenvalue weighted by atomic mass is 10.1. The first-order valence-corrected chi connectivity index (χ1v) is 9.00. The zero-order valence-electron chi connectivity index (χ0n) is 16.0. The van der Waals surface area contributed by atoms with Crippen molar-refractivity contribution in [1.82, 2.24) is 0 Å². The van der Waals surface area contributed by atoms with E-state index in [9.17, 15) is 0 Å². The van der Waals surface area contributed by atoms with Crippen LogP contribution in [-0.4, -0.2) is 0 Å². The number of hydrogen-bond donors (Lipinski definition) is 0. The normalized spacial score (nSPS) is 10.6. The Morgan fingerprint density at radius 1 is 0.500 bits per heavy atom. The van der Waals surface area contributed by atoms with Crippen molar-refractivity contribution in [3.05, 3.63) is 94.0 Å². The van der Waals surface area contributed by atoms with E-state index in [4.69, 9.17) is 9.47 Å². The van der Waals surface area contributed by atoms with E-state index in [1.54, 1.807) is 0 Å². The van der Waals surface area contributed by atoms with Gasteiger partial charge in [-0.2, -0.15) is 0 Å². The van der Waals surface area contributed by atoms with Gasteiger partial charge in [-0.05, 0) is 61.1 Å². The Bertz CT molecular complexity index is 764. The zero-order valence-corrected chi connectivity index (χ0v) is 16.0. The predicted octanol–water partition coefficient (Wildman–Crippen LogP) is 6.08. The second kappa shape index (κ2) is 8.09. The Hall–Kier alpha value is -2.74. The minimum Gasteiger partial charge on any atom is -0.488 e. The SMILES string of the molecule is Cc1cccc(C)c1OCc1ccc(COc2c(C)cccc2C)cc1. The Labute approximate surface area is 156 Å². The van der Waals surface area contributed by atoms with E-state index in [1.807, 2.05) is 0 Å². The van der Waals surface area contributed by atoms with E-state index >= 15 is 0 Å². The van der Waals surface area contributed by atoms with Crippen LogP contribution < -0.4 is 9.47 Å². The van der Waals surface area contributed by atoms with Crippen LogP contribution >= 0.6 is 0 Å². The molecule has 0 unspecified atom stereocenters. The fourth-order valence-corrected chi connectivity index (χ4v) is 3.10. The summed E-state index contributed by atoms with van der Waals surface area (Å²) in [6, 6.07) is 20.9. The first-order valence-electron chi connectivity index (χ1n) is 9.00. The maximum Gasteiger partial charge on any atom is 0.125 e. The highest BCUT2D eigenvalue weighted by atomic mass is 16.5. The zero-order chi connectivity index (χ0) is 18.5. The molecule has 26 heavy (non-hydrogen) atoms. The van der Waals surface area contributed by atoms with Crippen molar-refractivity contribution in [2.75, 3.05) is 0 Å². The molecule has 0 saturated heterocycles. The summed E-state index contributed by atoms with van der Waals surface area (Å²) in [5.41, 5.74) is 6.99. The van der Waals surface area contributed by atoms with Crippen LogP contribution in [0.1, 0.15) is 33.4 Å². The second-order valence-electron chi connectivity index (χ2n) is 6.84. The third-order valence-corrected chi connectivity index (χ3v) is 4.61. The monoisotopic (exact) mass is 346 g/mol. The number of benzene rings is 3. The number of ether oxygens (including phenoxy) is 2. The van der Waals surface area contributed by atoms with Gasteiger partial charge in [0, 0.05) is 0 Å². The molecule has 0 spiro atoms. The summed E-state index contributed by atoms with van der Waals surface area (Å²) >= 11 is 0.